The first-order valence-electron chi connectivity index (χ1n) is 11.3. The Morgan fingerprint density at radius 1 is 1.29 bits per heavy atom. The van der Waals surface area contributed by atoms with Crippen molar-refractivity contribution in [2.45, 2.75) is 32.4 Å². The molecule has 3 aromatic rings. The lowest BCUT2D eigenvalue weighted by Gasteiger charge is -2.10. The van der Waals surface area contributed by atoms with Crippen molar-refractivity contribution >= 4 is 47.0 Å². The van der Waals surface area contributed by atoms with E-state index in [1.165, 1.54) is 10.6 Å². The molecular formula is C25H25ClN2O6S. The standard InChI is InChI=1S/C25H25ClN2O6S/c1-2-32-24(30)13-23-28(15-22(29)27-14-17-6-5-11-33-17)25(31)21(35-23)12-16-9-10-20(34-16)18-7-3-4-8-19(18)26/h3-4,7-10,12-13,17H,2,5-6,11,14-15H2,1H3,(H,27,29)/b21-12-,23-13-/t17-/m0/s1. The lowest BCUT2D eigenvalue weighted by atomic mass is 10.2. The molecule has 0 aliphatic carbocycles. The molecule has 1 aliphatic rings. The van der Waals surface area contributed by atoms with Gasteiger partial charge in [-0.15, -0.1) is 11.3 Å². The van der Waals surface area contributed by atoms with Crippen molar-refractivity contribution in [3.63, 3.8) is 0 Å². The molecule has 1 N–H and O–H groups in total. The van der Waals surface area contributed by atoms with Gasteiger partial charge < -0.3 is 19.2 Å². The number of ether oxygens (including phenoxy) is 2. The fourth-order valence-corrected chi connectivity index (χ4v) is 4.92. The Morgan fingerprint density at radius 3 is 2.86 bits per heavy atom. The van der Waals surface area contributed by atoms with Crippen molar-refractivity contribution in [2.75, 3.05) is 19.8 Å². The Hall–Kier alpha value is -3.14. The van der Waals surface area contributed by atoms with E-state index in [0.717, 1.165) is 29.7 Å². The summed E-state index contributed by atoms with van der Waals surface area (Å²) in [5.41, 5.74) is 0.324. The molecule has 1 atom stereocenters. The first-order chi connectivity index (χ1) is 16.9. The zero-order valence-electron chi connectivity index (χ0n) is 19.1. The predicted molar refractivity (Wildman–Crippen MR) is 134 cm³/mol. The van der Waals surface area contributed by atoms with Gasteiger partial charge in [0.2, 0.25) is 5.91 Å². The maximum Gasteiger partial charge on any atom is 0.333 e. The minimum atomic E-state index is -0.590. The van der Waals surface area contributed by atoms with E-state index < -0.39 is 11.5 Å². The fourth-order valence-electron chi connectivity index (χ4n) is 3.68. The third-order valence-corrected chi connectivity index (χ3v) is 6.75. The highest BCUT2D eigenvalue weighted by Gasteiger charge is 2.17. The number of nitrogens with zero attached hydrogens (tertiary/aromatic N) is 1. The van der Waals surface area contributed by atoms with Gasteiger partial charge in [-0.1, -0.05) is 23.7 Å². The van der Waals surface area contributed by atoms with Crippen LogP contribution in [0, 0.1) is 0 Å². The summed E-state index contributed by atoms with van der Waals surface area (Å²) in [4.78, 5) is 37.8. The maximum atomic E-state index is 13.2. The third-order valence-electron chi connectivity index (χ3n) is 5.36. The van der Waals surface area contributed by atoms with Crippen LogP contribution in [0.1, 0.15) is 25.5 Å². The van der Waals surface area contributed by atoms with Crippen molar-refractivity contribution in [1.82, 2.24) is 9.88 Å². The molecule has 1 aromatic carbocycles. The van der Waals surface area contributed by atoms with Crippen molar-refractivity contribution in [2.24, 2.45) is 0 Å². The van der Waals surface area contributed by atoms with Crippen LogP contribution >= 0.6 is 22.9 Å². The number of amides is 1. The van der Waals surface area contributed by atoms with Gasteiger partial charge in [0.15, 0.2) is 0 Å². The number of hydrogen-bond donors (Lipinski definition) is 1. The Bertz CT molecular complexity index is 1380. The summed E-state index contributed by atoms with van der Waals surface area (Å²) in [7, 11) is 0. The smallest absolute Gasteiger partial charge is 0.333 e. The van der Waals surface area contributed by atoms with Gasteiger partial charge in [-0.3, -0.25) is 14.2 Å². The summed E-state index contributed by atoms with van der Waals surface area (Å²) >= 11 is 7.33. The van der Waals surface area contributed by atoms with Crippen LogP contribution in [0.3, 0.4) is 0 Å². The summed E-state index contributed by atoms with van der Waals surface area (Å²) in [6, 6.07) is 10.8. The zero-order chi connectivity index (χ0) is 24.8. The fraction of sp³-hybridized carbons (Fsp3) is 0.320. The summed E-state index contributed by atoms with van der Waals surface area (Å²) in [5.74, 6) is 0.0683. The van der Waals surface area contributed by atoms with E-state index in [9.17, 15) is 14.4 Å². The summed E-state index contributed by atoms with van der Waals surface area (Å²) in [6.07, 6.45) is 4.64. The lowest BCUT2D eigenvalue weighted by molar-refractivity contribution is -0.135. The molecule has 1 saturated heterocycles. The van der Waals surface area contributed by atoms with Crippen molar-refractivity contribution < 1.29 is 23.5 Å². The molecule has 184 valence electrons. The molecule has 8 nitrogen and oxygen atoms in total. The van der Waals surface area contributed by atoms with Gasteiger partial charge >= 0.3 is 5.97 Å². The van der Waals surface area contributed by atoms with E-state index in [1.54, 1.807) is 31.2 Å². The monoisotopic (exact) mass is 516 g/mol. The lowest BCUT2D eigenvalue weighted by Crippen LogP contribution is -2.40. The van der Waals surface area contributed by atoms with E-state index in [1.807, 2.05) is 18.2 Å². The highest BCUT2D eigenvalue weighted by Crippen LogP contribution is 2.29. The number of nitrogens with one attached hydrogen (secondary N) is 1. The number of rotatable bonds is 8. The second-order valence-corrected chi connectivity index (χ2v) is 9.33. The van der Waals surface area contributed by atoms with Crippen molar-refractivity contribution in [3.05, 3.63) is 66.7 Å². The molecule has 4 rings (SSSR count). The van der Waals surface area contributed by atoms with E-state index in [4.69, 9.17) is 25.5 Å². The number of furan rings is 1. The molecular weight excluding hydrogens is 492 g/mol. The van der Waals surface area contributed by atoms with Gasteiger partial charge in [-0.2, -0.15) is 0 Å². The SMILES string of the molecule is CCOC(=O)/C=c1\s/c(=C\c2ccc(-c3ccccc3Cl)o2)c(=O)n1CC(=O)NC[C@@H]1CCCO1. The average Bonchev–Trinajstić information content (AvgIpc) is 3.57. The van der Waals surface area contributed by atoms with Crippen LogP contribution in [-0.4, -0.2) is 42.3 Å². The second-order valence-electron chi connectivity index (χ2n) is 7.86. The van der Waals surface area contributed by atoms with Crippen LogP contribution in [0.2, 0.25) is 5.02 Å². The molecule has 35 heavy (non-hydrogen) atoms. The van der Waals surface area contributed by atoms with Gasteiger partial charge in [0.25, 0.3) is 5.56 Å². The largest absolute Gasteiger partial charge is 0.463 e. The Balaban J connectivity index is 1.64. The third kappa shape index (κ3) is 6.30. The van der Waals surface area contributed by atoms with E-state index in [-0.39, 0.29) is 25.2 Å². The number of thiazole rings is 1. The van der Waals surface area contributed by atoms with E-state index >= 15 is 0 Å². The van der Waals surface area contributed by atoms with Gasteiger partial charge in [0, 0.05) is 24.8 Å². The Labute approximate surface area is 210 Å². The molecule has 0 radical (unpaired) electrons. The summed E-state index contributed by atoms with van der Waals surface area (Å²) < 4.78 is 18.3. The highest BCUT2D eigenvalue weighted by atomic mass is 35.5. The number of carbonyl (C=O) groups is 2. The van der Waals surface area contributed by atoms with Gasteiger partial charge in [0.05, 0.1) is 28.3 Å². The Kier molecular flexibility index (Phi) is 8.22. The van der Waals surface area contributed by atoms with Crippen LogP contribution in [0.4, 0.5) is 0 Å². The first-order valence-corrected chi connectivity index (χ1v) is 12.5. The van der Waals surface area contributed by atoms with Crippen molar-refractivity contribution in [3.8, 4) is 11.3 Å². The van der Waals surface area contributed by atoms with Gasteiger partial charge in [-0.25, -0.2) is 4.79 Å². The number of benzene rings is 1. The molecule has 3 heterocycles. The van der Waals surface area contributed by atoms with Crippen LogP contribution in [-0.2, 0) is 25.6 Å². The first kappa shape index (κ1) is 25.0. The molecule has 0 bridgehead atoms. The number of esters is 1. The molecule has 0 saturated carbocycles. The van der Waals surface area contributed by atoms with Crippen LogP contribution < -0.4 is 20.1 Å². The summed E-state index contributed by atoms with van der Waals surface area (Å²) in [6.45, 7) is 2.73. The number of hydrogen-bond acceptors (Lipinski definition) is 7. The molecule has 10 heteroatoms. The van der Waals surface area contributed by atoms with Crippen LogP contribution in [0.15, 0.2) is 45.6 Å². The topological polar surface area (TPSA) is 99.8 Å². The number of aromatic nitrogens is 1. The molecule has 1 fully saturated rings. The Morgan fingerprint density at radius 2 is 2.11 bits per heavy atom. The average molecular weight is 517 g/mol. The quantitative estimate of drug-likeness (QED) is 0.461. The molecule has 1 aliphatic heterocycles. The highest BCUT2D eigenvalue weighted by molar-refractivity contribution is 7.07. The zero-order valence-corrected chi connectivity index (χ0v) is 20.7. The minimum absolute atomic E-state index is 0.0149. The second kappa shape index (κ2) is 11.5. The number of carbonyl (C=O) groups excluding carboxylic acids is 2. The van der Waals surface area contributed by atoms with E-state index in [0.29, 0.717) is 38.9 Å². The normalized spacial score (nSPS) is 16.6. The predicted octanol–water partition coefficient (Wildman–Crippen LogP) is 2.29. The minimum Gasteiger partial charge on any atom is -0.463 e. The molecule has 1 amide bonds. The van der Waals surface area contributed by atoms with Crippen LogP contribution in [0.25, 0.3) is 23.5 Å². The van der Waals surface area contributed by atoms with Crippen LogP contribution in [0.5, 0.6) is 0 Å². The van der Waals surface area contributed by atoms with Gasteiger partial charge in [0.1, 0.15) is 22.7 Å². The number of halogens is 1. The molecule has 2 aromatic heterocycles. The molecule has 0 spiro atoms. The van der Waals surface area contributed by atoms with Gasteiger partial charge in [-0.05, 0) is 44.0 Å². The summed E-state index contributed by atoms with van der Waals surface area (Å²) in [5, 5.41) is 3.35. The molecule has 0 unspecified atom stereocenters. The maximum absolute atomic E-state index is 13.2. The van der Waals surface area contributed by atoms with E-state index in [2.05, 4.69) is 5.32 Å². The van der Waals surface area contributed by atoms with Crippen molar-refractivity contribution in [1.29, 1.82) is 0 Å².